The van der Waals surface area contributed by atoms with E-state index in [1.807, 2.05) is 24.3 Å². The molecule has 2 unspecified atom stereocenters. The molecule has 0 saturated heterocycles. The number of carboxylic acids is 1. The first kappa shape index (κ1) is 14.6. The van der Waals surface area contributed by atoms with E-state index in [4.69, 9.17) is 5.11 Å². The Kier molecular flexibility index (Phi) is 4.77. The van der Waals surface area contributed by atoms with Gasteiger partial charge in [-0.2, -0.15) is 0 Å². The highest BCUT2D eigenvalue weighted by molar-refractivity contribution is 5.94. The smallest absolute Gasteiger partial charge is 0.306 e. The standard InChI is InChI=1S/C16H21NO3/c1-2-11-6-8-12(9-7-11)15(18)17-10-13-4-3-5-14(13)16(19)20/h6-9,13-14H,2-5,10H2,1H3,(H,17,18)(H,19,20). The first-order chi connectivity index (χ1) is 9.61. The van der Waals surface area contributed by atoms with Gasteiger partial charge < -0.3 is 10.4 Å². The van der Waals surface area contributed by atoms with Gasteiger partial charge in [-0.15, -0.1) is 0 Å². The molecule has 1 aromatic rings. The number of nitrogens with one attached hydrogen (secondary N) is 1. The van der Waals surface area contributed by atoms with E-state index in [9.17, 15) is 9.59 Å². The monoisotopic (exact) mass is 275 g/mol. The highest BCUT2D eigenvalue weighted by Crippen LogP contribution is 2.31. The molecular weight excluding hydrogens is 254 g/mol. The van der Waals surface area contributed by atoms with Crippen LogP contribution in [0.1, 0.15) is 42.1 Å². The van der Waals surface area contributed by atoms with Crippen molar-refractivity contribution in [2.75, 3.05) is 6.54 Å². The summed E-state index contributed by atoms with van der Waals surface area (Å²) in [5.74, 6) is -1.11. The number of aliphatic carboxylic acids is 1. The average Bonchev–Trinajstić information content (AvgIpc) is 2.93. The van der Waals surface area contributed by atoms with Crippen molar-refractivity contribution in [2.24, 2.45) is 11.8 Å². The van der Waals surface area contributed by atoms with E-state index in [1.54, 1.807) is 0 Å². The molecule has 0 aliphatic heterocycles. The fraction of sp³-hybridized carbons (Fsp3) is 0.500. The molecule has 0 radical (unpaired) electrons. The Labute approximate surface area is 119 Å². The number of benzene rings is 1. The predicted molar refractivity (Wildman–Crippen MR) is 76.6 cm³/mol. The van der Waals surface area contributed by atoms with E-state index in [-0.39, 0.29) is 17.7 Å². The van der Waals surface area contributed by atoms with E-state index < -0.39 is 5.97 Å². The minimum Gasteiger partial charge on any atom is -0.481 e. The lowest BCUT2D eigenvalue weighted by Gasteiger charge is -2.16. The number of carboxylic acid groups (broad SMARTS) is 1. The Hall–Kier alpha value is -1.84. The maximum absolute atomic E-state index is 12.0. The largest absolute Gasteiger partial charge is 0.481 e. The molecule has 4 nitrogen and oxygen atoms in total. The second-order valence-corrected chi connectivity index (χ2v) is 5.40. The second kappa shape index (κ2) is 6.55. The van der Waals surface area contributed by atoms with E-state index in [1.165, 1.54) is 5.56 Å². The molecule has 1 fully saturated rings. The van der Waals surface area contributed by atoms with Gasteiger partial charge in [-0.3, -0.25) is 9.59 Å². The van der Waals surface area contributed by atoms with Gasteiger partial charge >= 0.3 is 5.97 Å². The molecular formula is C16H21NO3. The predicted octanol–water partition coefficient (Wildman–Crippen LogP) is 2.48. The first-order valence-electron chi connectivity index (χ1n) is 7.21. The number of hydrogen-bond donors (Lipinski definition) is 2. The quantitative estimate of drug-likeness (QED) is 0.867. The molecule has 0 bridgehead atoms. The second-order valence-electron chi connectivity index (χ2n) is 5.40. The zero-order chi connectivity index (χ0) is 14.5. The zero-order valence-corrected chi connectivity index (χ0v) is 11.8. The number of hydrogen-bond acceptors (Lipinski definition) is 2. The van der Waals surface area contributed by atoms with Crippen molar-refractivity contribution in [1.29, 1.82) is 0 Å². The molecule has 4 heteroatoms. The third-order valence-electron chi connectivity index (χ3n) is 4.13. The van der Waals surface area contributed by atoms with Crippen LogP contribution in [-0.4, -0.2) is 23.5 Å². The van der Waals surface area contributed by atoms with Gasteiger partial charge in [0.2, 0.25) is 0 Å². The number of aryl methyl sites for hydroxylation is 1. The molecule has 1 aromatic carbocycles. The minimum absolute atomic E-state index is 0.0614. The fourth-order valence-corrected chi connectivity index (χ4v) is 2.82. The summed E-state index contributed by atoms with van der Waals surface area (Å²) < 4.78 is 0. The summed E-state index contributed by atoms with van der Waals surface area (Å²) in [6, 6.07) is 7.53. The summed E-state index contributed by atoms with van der Waals surface area (Å²) in [6.07, 6.45) is 3.49. The maximum Gasteiger partial charge on any atom is 0.306 e. The van der Waals surface area contributed by atoms with Gasteiger partial charge in [0.1, 0.15) is 0 Å². The number of rotatable bonds is 5. The molecule has 1 amide bonds. The summed E-state index contributed by atoms with van der Waals surface area (Å²) in [6.45, 7) is 2.52. The zero-order valence-electron chi connectivity index (χ0n) is 11.8. The number of carbonyl (C=O) groups is 2. The lowest BCUT2D eigenvalue weighted by Crippen LogP contribution is -2.33. The van der Waals surface area contributed by atoms with Crippen LogP contribution in [0.3, 0.4) is 0 Å². The number of carbonyl (C=O) groups excluding carboxylic acids is 1. The highest BCUT2D eigenvalue weighted by atomic mass is 16.4. The summed E-state index contributed by atoms with van der Waals surface area (Å²) in [5.41, 5.74) is 1.83. The molecule has 1 aliphatic carbocycles. The maximum atomic E-state index is 12.0. The van der Waals surface area contributed by atoms with Gasteiger partial charge in [-0.05, 0) is 42.9 Å². The van der Waals surface area contributed by atoms with E-state index in [2.05, 4.69) is 12.2 Å². The Morgan fingerprint density at radius 1 is 1.25 bits per heavy atom. The van der Waals surface area contributed by atoms with E-state index in [0.717, 1.165) is 25.7 Å². The van der Waals surface area contributed by atoms with Crippen LogP contribution in [0, 0.1) is 11.8 Å². The van der Waals surface area contributed by atoms with Crippen LogP contribution in [0.5, 0.6) is 0 Å². The van der Waals surface area contributed by atoms with Crippen molar-refractivity contribution < 1.29 is 14.7 Å². The number of amides is 1. The lowest BCUT2D eigenvalue weighted by atomic mass is 9.96. The van der Waals surface area contributed by atoms with Crippen molar-refractivity contribution in [2.45, 2.75) is 32.6 Å². The highest BCUT2D eigenvalue weighted by Gasteiger charge is 2.32. The molecule has 2 rings (SSSR count). The molecule has 2 atom stereocenters. The van der Waals surface area contributed by atoms with Crippen LogP contribution < -0.4 is 5.32 Å². The lowest BCUT2D eigenvalue weighted by molar-refractivity contribution is -0.142. The summed E-state index contributed by atoms with van der Waals surface area (Å²) >= 11 is 0. The molecule has 0 spiro atoms. The van der Waals surface area contributed by atoms with Crippen molar-refractivity contribution in [3.8, 4) is 0 Å². The SMILES string of the molecule is CCc1ccc(C(=O)NCC2CCCC2C(=O)O)cc1. The molecule has 1 saturated carbocycles. The van der Waals surface area contributed by atoms with Crippen LogP contribution >= 0.6 is 0 Å². The molecule has 20 heavy (non-hydrogen) atoms. The van der Waals surface area contributed by atoms with Crippen LogP contribution in [-0.2, 0) is 11.2 Å². The Bertz CT molecular complexity index is 481. The Morgan fingerprint density at radius 2 is 1.95 bits per heavy atom. The summed E-state index contributed by atoms with van der Waals surface area (Å²) in [4.78, 5) is 23.1. The topological polar surface area (TPSA) is 66.4 Å². The van der Waals surface area contributed by atoms with Crippen molar-refractivity contribution >= 4 is 11.9 Å². The van der Waals surface area contributed by atoms with Gasteiger partial charge in [0.15, 0.2) is 0 Å². The molecule has 0 aromatic heterocycles. The van der Waals surface area contributed by atoms with Gasteiger partial charge in [0.25, 0.3) is 5.91 Å². The molecule has 108 valence electrons. The van der Waals surface area contributed by atoms with Crippen molar-refractivity contribution in [3.63, 3.8) is 0 Å². The fourth-order valence-electron chi connectivity index (χ4n) is 2.82. The Balaban J connectivity index is 1.89. The van der Waals surface area contributed by atoms with Crippen LogP contribution in [0.15, 0.2) is 24.3 Å². The van der Waals surface area contributed by atoms with Crippen LogP contribution in [0.25, 0.3) is 0 Å². The molecule has 1 aliphatic rings. The van der Waals surface area contributed by atoms with Crippen molar-refractivity contribution in [1.82, 2.24) is 5.32 Å². The molecule has 2 N–H and O–H groups in total. The Morgan fingerprint density at radius 3 is 2.55 bits per heavy atom. The molecule has 0 heterocycles. The van der Waals surface area contributed by atoms with Crippen LogP contribution in [0.2, 0.25) is 0 Å². The van der Waals surface area contributed by atoms with Gasteiger partial charge in [-0.1, -0.05) is 25.5 Å². The average molecular weight is 275 g/mol. The summed E-state index contributed by atoms with van der Waals surface area (Å²) in [7, 11) is 0. The van der Waals surface area contributed by atoms with Gasteiger partial charge in [0.05, 0.1) is 5.92 Å². The van der Waals surface area contributed by atoms with E-state index >= 15 is 0 Å². The first-order valence-corrected chi connectivity index (χ1v) is 7.21. The van der Waals surface area contributed by atoms with Gasteiger partial charge in [0, 0.05) is 12.1 Å². The minimum atomic E-state index is -0.742. The third-order valence-corrected chi connectivity index (χ3v) is 4.13. The normalized spacial score (nSPS) is 21.6. The van der Waals surface area contributed by atoms with Crippen molar-refractivity contribution in [3.05, 3.63) is 35.4 Å². The van der Waals surface area contributed by atoms with Gasteiger partial charge in [-0.25, -0.2) is 0 Å². The van der Waals surface area contributed by atoms with E-state index in [0.29, 0.717) is 12.1 Å². The van der Waals surface area contributed by atoms with Crippen LogP contribution in [0.4, 0.5) is 0 Å². The third kappa shape index (κ3) is 3.38. The summed E-state index contributed by atoms with van der Waals surface area (Å²) in [5, 5.41) is 12.0.